The molecule has 0 radical (unpaired) electrons. The summed E-state index contributed by atoms with van der Waals surface area (Å²) in [6.45, 7) is 4.58. The van der Waals surface area contributed by atoms with Crippen LogP contribution in [0.4, 0.5) is 0 Å². The average Bonchev–Trinajstić information content (AvgIpc) is 2.63. The van der Waals surface area contributed by atoms with Gasteiger partial charge in [-0.05, 0) is 19.1 Å². The predicted octanol–water partition coefficient (Wildman–Crippen LogP) is 0.459. The second kappa shape index (κ2) is 4.06. The Hall–Kier alpha value is -1.29. The van der Waals surface area contributed by atoms with Crippen molar-refractivity contribution < 1.29 is 4.79 Å². The number of nitrogens with zero attached hydrogens (tertiary/aromatic N) is 2. The summed E-state index contributed by atoms with van der Waals surface area (Å²) in [5.41, 5.74) is 0.768. The topological polar surface area (TPSA) is 37.3 Å². The Balaban J connectivity index is 2.11. The number of aryl methyl sites for hydroxylation is 1. The highest BCUT2D eigenvalue weighted by molar-refractivity contribution is 5.92. The molecule has 1 fully saturated rings. The zero-order chi connectivity index (χ0) is 10.8. The van der Waals surface area contributed by atoms with Crippen molar-refractivity contribution in [3.05, 3.63) is 24.0 Å². The van der Waals surface area contributed by atoms with Crippen LogP contribution in [0.15, 0.2) is 18.3 Å². The Labute approximate surface area is 89.9 Å². The van der Waals surface area contributed by atoms with Crippen LogP contribution in [0, 0.1) is 0 Å². The Morgan fingerprint density at radius 3 is 3.00 bits per heavy atom. The smallest absolute Gasteiger partial charge is 0.270 e. The van der Waals surface area contributed by atoms with Gasteiger partial charge >= 0.3 is 0 Å². The van der Waals surface area contributed by atoms with Gasteiger partial charge in [0, 0.05) is 38.9 Å². The first-order chi connectivity index (χ1) is 7.18. The fourth-order valence-electron chi connectivity index (χ4n) is 1.96. The summed E-state index contributed by atoms with van der Waals surface area (Å²) in [5.74, 6) is 0.135. The highest BCUT2D eigenvalue weighted by Gasteiger charge is 2.22. The number of rotatable bonds is 1. The summed E-state index contributed by atoms with van der Waals surface area (Å²) in [6.07, 6.45) is 1.90. The molecule has 0 saturated carbocycles. The molecule has 1 atom stereocenters. The lowest BCUT2D eigenvalue weighted by atomic mass is 10.2. The summed E-state index contributed by atoms with van der Waals surface area (Å²) < 4.78 is 1.87. The number of amides is 1. The van der Waals surface area contributed by atoms with Crippen molar-refractivity contribution in [3.63, 3.8) is 0 Å². The van der Waals surface area contributed by atoms with Crippen LogP contribution in [-0.4, -0.2) is 41.1 Å². The first-order valence-corrected chi connectivity index (χ1v) is 5.32. The van der Waals surface area contributed by atoms with E-state index in [-0.39, 0.29) is 5.91 Å². The van der Waals surface area contributed by atoms with Crippen LogP contribution < -0.4 is 5.32 Å². The van der Waals surface area contributed by atoms with E-state index in [1.165, 1.54) is 0 Å². The van der Waals surface area contributed by atoms with Crippen molar-refractivity contribution in [1.29, 1.82) is 0 Å². The second-order valence-corrected chi connectivity index (χ2v) is 4.11. The first-order valence-electron chi connectivity index (χ1n) is 5.32. The van der Waals surface area contributed by atoms with E-state index in [1.54, 1.807) is 0 Å². The summed E-state index contributed by atoms with van der Waals surface area (Å²) in [5, 5.41) is 3.33. The molecule has 4 heteroatoms. The Kier molecular flexibility index (Phi) is 2.77. The standard InChI is InChI=1S/C11H17N3O/c1-9-8-14(7-5-12-9)11(15)10-4-3-6-13(10)2/h3-4,6,9,12H,5,7-8H2,1-2H3/t9-/m0/s1. The molecular weight excluding hydrogens is 190 g/mol. The lowest BCUT2D eigenvalue weighted by molar-refractivity contribution is 0.0699. The van der Waals surface area contributed by atoms with Crippen LogP contribution >= 0.6 is 0 Å². The van der Waals surface area contributed by atoms with Crippen LogP contribution in [0.3, 0.4) is 0 Å². The summed E-state index contributed by atoms with van der Waals surface area (Å²) >= 11 is 0. The minimum absolute atomic E-state index is 0.135. The zero-order valence-electron chi connectivity index (χ0n) is 9.23. The van der Waals surface area contributed by atoms with Gasteiger partial charge in [-0.3, -0.25) is 4.79 Å². The van der Waals surface area contributed by atoms with Gasteiger partial charge in [0.05, 0.1) is 0 Å². The molecular formula is C11H17N3O. The molecule has 0 aliphatic carbocycles. The molecule has 2 rings (SSSR count). The summed E-state index contributed by atoms with van der Waals surface area (Å²) in [7, 11) is 1.90. The van der Waals surface area contributed by atoms with E-state index in [4.69, 9.17) is 0 Å². The molecule has 0 unspecified atom stereocenters. The van der Waals surface area contributed by atoms with Gasteiger partial charge in [0.1, 0.15) is 5.69 Å². The molecule has 15 heavy (non-hydrogen) atoms. The van der Waals surface area contributed by atoms with E-state index in [2.05, 4.69) is 12.2 Å². The van der Waals surface area contributed by atoms with Crippen LogP contribution in [0.25, 0.3) is 0 Å². The van der Waals surface area contributed by atoms with Gasteiger partial charge in [0.15, 0.2) is 0 Å². The van der Waals surface area contributed by atoms with Gasteiger partial charge in [-0.2, -0.15) is 0 Å². The van der Waals surface area contributed by atoms with E-state index in [0.29, 0.717) is 6.04 Å². The lowest BCUT2D eigenvalue weighted by Gasteiger charge is -2.31. The number of piperazine rings is 1. The molecule has 1 aromatic heterocycles. The van der Waals surface area contributed by atoms with Crippen LogP contribution in [0.1, 0.15) is 17.4 Å². The highest BCUT2D eigenvalue weighted by atomic mass is 16.2. The van der Waals surface area contributed by atoms with Crippen molar-refractivity contribution in [2.45, 2.75) is 13.0 Å². The molecule has 1 amide bonds. The quantitative estimate of drug-likeness (QED) is 0.726. The monoisotopic (exact) mass is 207 g/mol. The minimum atomic E-state index is 0.135. The van der Waals surface area contributed by atoms with E-state index in [0.717, 1.165) is 25.3 Å². The maximum Gasteiger partial charge on any atom is 0.270 e. The van der Waals surface area contributed by atoms with E-state index in [9.17, 15) is 4.79 Å². The van der Waals surface area contributed by atoms with Crippen molar-refractivity contribution in [1.82, 2.24) is 14.8 Å². The summed E-state index contributed by atoms with van der Waals surface area (Å²) in [4.78, 5) is 14.0. The molecule has 0 spiro atoms. The Morgan fingerprint density at radius 1 is 1.60 bits per heavy atom. The normalized spacial score (nSPS) is 21.7. The van der Waals surface area contributed by atoms with Gasteiger partial charge in [0.2, 0.25) is 0 Å². The third kappa shape index (κ3) is 2.04. The molecule has 0 aromatic carbocycles. The third-order valence-electron chi connectivity index (χ3n) is 2.82. The van der Waals surface area contributed by atoms with Crippen LogP contribution in [-0.2, 0) is 7.05 Å². The average molecular weight is 207 g/mol. The highest BCUT2D eigenvalue weighted by Crippen LogP contribution is 2.07. The SMILES string of the molecule is C[C@H]1CN(C(=O)c2cccn2C)CCN1. The molecule has 1 N–H and O–H groups in total. The lowest BCUT2D eigenvalue weighted by Crippen LogP contribution is -2.51. The van der Waals surface area contributed by atoms with E-state index >= 15 is 0 Å². The van der Waals surface area contributed by atoms with Gasteiger partial charge in [-0.15, -0.1) is 0 Å². The number of hydrogen-bond donors (Lipinski definition) is 1. The Bertz CT molecular complexity index is 358. The van der Waals surface area contributed by atoms with Crippen molar-refractivity contribution in [2.24, 2.45) is 7.05 Å². The van der Waals surface area contributed by atoms with Gasteiger partial charge in [-0.1, -0.05) is 0 Å². The second-order valence-electron chi connectivity index (χ2n) is 4.11. The maximum absolute atomic E-state index is 12.1. The molecule has 1 aromatic rings. The molecule has 1 saturated heterocycles. The number of aromatic nitrogens is 1. The van der Waals surface area contributed by atoms with Crippen molar-refractivity contribution in [3.8, 4) is 0 Å². The minimum Gasteiger partial charge on any atom is -0.347 e. The molecule has 1 aliphatic heterocycles. The molecule has 1 aliphatic rings. The molecule has 82 valence electrons. The maximum atomic E-state index is 12.1. The number of carbonyl (C=O) groups excluding carboxylic acids is 1. The predicted molar refractivity (Wildman–Crippen MR) is 58.8 cm³/mol. The Morgan fingerprint density at radius 2 is 2.40 bits per heavy atom. The molecule has 4 nitrogen and oxygen atoms in total. The van der Waals surface area contributed by atoms with Gasteiger partial charge in [0.25, 0.3) is 5.91 Å². The number of nitrogens with one attached hydrogen (secondary N) is 1. The van der Waals surface area contributed by atoms with Crippen LogP contribution in [0.2, 0.25) is 0 Å². The largest absolute Gasteiger partial charge is 0.347 e. The fourth-order valence-corrected chi connectivity index (χ4v) is 1.96. The molecule has 0 bridgehead atoms. The van der Waals surface area contributed by atoms with Gasteiger partial charge in [-0.25, -0.2) is 0 Å². The first kappa shape index (κ1) is 10.2. The van der Waals surface area contributed by atoms with Crippen molar-refractivity contribution in [2.75, 3.05) is 19.6 Å². The molecule has 2 heterocycles. The van der Waals surface area contributed by atoms with Crippen LogP contribution in [0.5, 0.6) is 0 Å². The number of carbonyl (C=O) groups is 1. The van der Waals surface area contributed by atoms with E-state index < -0.39 is 0 Å². The zero-order valence-corrected chi connectivity index (χ0v) is 9.23. The van der Waals surface area contributed by atoms with E-state index in [1.807, 2.05) is 34.8 Å². The fraction of sp³-hybridized carbons (Fsp3) is 0.545. The van der Waals surface area contributed by atoms with Gasteiger partial charge < -0.3 is 14.8 Å². The third-order valence-corrected chi connectivity index (χ3v) is 2.82. The number of hydrogen-bond acceptors (Lipinski definition) is 2. The van der Waals surface area contributed by atoms with Crippen molar-refractivity contribution >= 4 is 5.91 Å². The summed E-state index contributed by atoms with van der Waals surface area (Å²) in [6, 6.07) is 4.16.